The minimum absolute atomic E-state index is 0.0893. The van der Waals surface area contributed by atoms with E-state index in [1.165, 1.54) is 12.1 Å². The topological polar surface area (TPSA) is 75.4 Å². The summed E-state index contributed by atoms with van der Waals surface area (Å²) in [7, 11) is 0. The lowest BCUT2D eigenvalue weighted by atomic mass is 10.1. The second kappa shape index (κ2) is 5.05. The van der Waals surface area contributed by atoms with Crippen molar-refractivity contribution in [1.82, 2.24) is 0 Å². The highest BCUT2D eigenvalue weighted by Crippen LogP contribution is 2.38. The van der Waals surface area contributed by atoms with Crippen LogP contribution in [0.5, 0.6) is 5.75 Å². The number of nitro groups is 1. The van der Waals surface area contributed by atoms with Crippen molar-refractivity contribution >= 4 is 11.4 Å². The standard InChI is InChI=1S/C15H13FN2O3/c16-9-6-10(8-11(7-9)18(20)21)17-14-5-4-13-12(14)2-1-3-15(13)19/h1-3,6-8,14,17,19H,4-5H2. The average molecular weight is 288 g/mol. The first-order valence-electron chi connectivity index (χ1n) is 6.57. The van der Waals surface area contributed by atoms with Crippen molar-refractivity contribution in [3.05, 3.63) is 63.5 Å². The summed E-state index contributed by atoms with van der Waals surface area (Å²) in [5.74, 6) is -0.400. The third-order valence-electron chi connectivity index (χ3n) is 3.68. The van der Waals surface area contributed by atoms with Gasteiger partial charge in [-0.25, -0.2) is 4.39 Å². The molecule has 2 N–H and O–H groups in total. The lowest BCUT2D eigenvalue weighted by molar-refractivity contribution is -0.385. The molecule has 1 unspecified atom stereocenters. The Balaban J connectivity index is 1.90. The van der Waals surface area contributed by atoms with Gasteiger partial charge in [-0.05, 0) is 36.1 Å². The number of nitro benzene ring substituents is 1. The Morgan fingerprint density at radius 3 is 2.90 bits per heavy atom. The first-order valence-corrected chi connectivity index (χ1v) is 6.57. The van der Waals surface area contributed by atoms with Gasteiger partial charge in [0, 0.05) is 11.8 Å². The number of halogens is 1. The summed E-state index contributed by atoms with van der Waals surface area (Å²) in [6.07, 6.45) is 1.47. The molecule has 6 heteroatoms. The molecular formula is C15H13FN2O3. The maximum absolute atomic E-state index is 13.4. The maximum Gasteiger partial charge on any atom is 0.274 e. The van der Waals surface area contributed by atoms with Crippen molar-refractivity contribution < 1.29 is 14.4 Å². The number of aromatic hydroxyl groups is 1. The molecule has 1 aliphatic carbocycles. The molecule has 0 aliphatic heterocycles. The second-order valence-corrected chi connectivity index (χ2v) is 5.04. The van der Waals surface area contributed by atoms with Gasteiger partial charge in [0.1, 0.15) is 11.6 Å². The molecule has 1 atom stereocenters. The number of nitrogens with one attached hydrogen (secondary N) is 1. The molecule has 108 valence electrons. The highest BCUT2D eigenvalue weighted by atomic mass is 19.1. The molecule has 0 spiro atoms. The zero-order chi connectivity index (χ0) is 15.0. The number of non-ortho nitro benzene ring substituents is 1. The number of phenolic OH excluding ortho intramolecular Hbond substituents is 1. The highest BCUT2D eigenvalue weighted by Gasteiger charge is 2.25. The molecule has 3 rings (SSSR count). The zero-order valence-corrected chi connectivity index (χ0v) is 11.0. The fourth-order valence-corrected chi connectivity index (χ4v) is 2.75. The van der Waals surface area contributed by atoms with Gasteiger partial charge in [-0.15, -0.1) is 0 Å². The van der Waals surface area contributed by atoms with Crippen molar-refractivity contribution in [3.8, 4) is 5.75 Å². The van der Waals surface area contributed by atoms with Gasteiger partial charge in [-0.3, -0.25) is 10.1 Å². The molecule has 0 saturated carbocycles. The maximum atomic E-state index is 13.4. The van der Waals surface area contributed by atoms with Crippen LogP contribution in [0.3, 0.4) is 0 Å². The van der Waals surface area contributed by atoms with Gasteiger partial charge < -0.3 is 10.4 Å². The lowest BCUT2D eigenvalue weighted by Gasteiger charge is -2.15. The van der Waals surface area contributed by atoms with Crippen LogP contribution in [0.4, 0.5) is 15.8 Å². The predicted octanol–water partition coefficient (Wildman–Crippen LogP) is 3.54. The Morgan fingerprint density at radius 2 is 2.14 bits per heavy atom. The Bertz CT molecular complexity index is 718. The van der Waals surface area contributed by atoms with Crippen molar-refractivity contribution in [2.45, 2.75) is 18.9 Å². The molecule has 0 aromatic heterocycles. The number of nitrogens with zero attached hydrogens (tertiary/aromatic N) is 1. The van der Waals surface area contributed by atoms with Gasteiger partial charge >= 0.3 is 0 Å². The number of hydrogen-bond acceptors (Lipinski definition) is 4. The van der Waals surface area contributed by atoms with Crippen LogP contribution in [0.1, 0.15) is 23.6 Å². The van der Waals surface area contributed by atoms with E-state index in [9.17, 15) is 19.6 Å². The third kappa shape index (κ3) is 2.52. The zero-order valence-electron chi connectivity index (χ0n) is 11.0. The highest BCUT2D eigenvalue weighted by molar-refractivity contribution is 5.55. The third-order valence-corrected chi connectivity index (χ3v) is 3.68. The molecule has 5 nitrogen and oxygen atoms in total. The summed E-state index contributed by atoms with van der Waals surface area (Å²) < 4.78 is 13.4. The van der Waals surface area contributed by atoms with Crippen LogP contribution >= 0.6 is 0 Å². The molecule has 0 saturated heterocycles. The minimum Gasteiger partial charge on any atom is -0.508 e. The summed E-state index contributed by atoms with van der Waals surface area (Å²) in [6, 6.07) is 8.62. The fraction of sp³-hybridized carbons (Fsp3) is 0.200. The van der Waals surface area contributed by atoms with Crippen LogP contribution in [0.2, 0.25) is 0 Å². The van der Waals surface area contributed by atoms with Crippen molar-refractivity contribution in [3.63, 3.8) is 0 Å². The molecular weight excluding hydrogens is 275 g/mol. The van der Waals surface area contributed by atoms with Crippen LogP contribution in [0.15, 0.2) is 36.4 Å². The number of rotatable bonds is 3. The smallest absolute Gasteiger partial charge is 0.274 e. The summed E-state index contributed by atoms with van der Waals surface area (Å²) in [4.78, 5) is 10.1. The van der Waals surface area contributed by atoms with Gasteiger partial charge in [0.2, 0.25) is 0 Å². The van der Waals surface area contributed by atoms with Crippen molar-refractivity contribution in [1.29, 1.82) is 0 Å². The summed E-state index contributed by atoms with van der Waals surface area (Å²) in [5.41, 5.74) is 1.90. The Morgan fingerprint density at radius 1 is 1.33 bits per heavy atom. The van der Waals surface area contributed by atoms with Gasteiger partial charge in [-0.1, -0.05) is 12.1 Å². The van der Waals surface area contributed by atoms with Crippen LogP contribution in [0.25, 0.3) is 0 Å². The molecule has 0 fully saturated rings. The van der Waals surface area contributed by atoms with Gasteiger partial charge in [-0.2, -0.15) is 0 Å². The van der Waals surface area contributed by atoms with Crippen LogP contribution in [-0.4, -0.2) is 10.0 Å². The molecule has 0 bridgehead atoms. The van der Waals surface area contributed by atoms with E-state index in [0.29, 0.717) is 5.69 Å². The second-order valence-electron chi connectivity index (χ2n) is 5.04. The van der Waals surface area contributed by atoms with Crippen LogP contribution in [-0.2, 0) is 6.42 Å². The molecule has 2 aromatic rings. The monoisotopic (exact) mass is 288 g/mol. The van der Waals surface area contributed by atoms with E-state index < -0.39 is 10.7 Å². The number of benzene rings is 2. The molecule has 0 heterocycles. The van der Waals surface area contributed by atoms with E-state index in [0.717, 1.165) is 30.0 Å². The minimum atomic E-state index is -0.652. The van der Waals surface area contributed by atoms with Gasteiger partial charge in [0.15, 0.2) is 0 Å². The first kappa shape index (κ1) is 13.4. The molecule has 1 aliphatic rings. The fourth-order valence-electron chi connectivity index (χ4n) is 2.75. The Kier molecular flexibility index (Phi) is 3.21. The quantitative estimate of drug-likeness (QED) is 0.669. The van der Waals surface area contributed by atoms with E-state index in [1.54, 1.807) is 12.1 Å². The number of hydrogen-bond donors (Lipinski definition) is 2. The lowest BCUT2D eigenvalue weighted by Crippen LogP contribution is -2.07. The van der Waals surface area contributed by atoms with Crippen molar-refractivity contribution in [2.24, 2.45) is 0 Å². The van der Waals surface area contributed by atoms with E-state index >= 15 is 0 Å². The van der Waals surface area contributed by atoms with Gasteiger partial charge in [0.05, 0.1) is 17.0 Å². The largest absolute Gasteiger partial charge is 0.508 e. The Labute approximate surface area is 120 Å². The van der Waals surface area contributed by atoms with E-state index in [4.69, 9.17) is 0 Å². The van der Waals surface area contributed by atoms with E-state index in [2.05, 4.69) is 5.32 Å². The molecule has 21 heavy (non-hydrogen) atoms. The SMILES string of the molecule is O=[N+]([O-])c1cc(F)cc(NC2CCc3c(O)cccc32)c1. The summed E-state index contributed by atoms with van der Waals surface area (Å²) >= 11 is 0. The summed E-state index contributed by atoms with van der Waals surface area (Å²) in [6.45, 7) is 0. The summed E-state index contributed by atoms with van der Waals surface area (Å²) in [5, 5.41) is 23.7. The molecule has 0 radical (unpaired) electrons. The average Bonchev–Trinajstić information content (AvgIpc) is 2.83. The van der Waals surface area contributed by atoms with Gasteiger partial charge in [0.25, 0.3) is 5.69 Å². The normalized spacial score (nSPS) is 16.5. The van der Waals surface area contributed by atoms with E-state index in [1.807, 2.05) is 6.07 Å². The molecule has 0 amide bonds. The van der Waals surface area contributed by atoms with Crippen LogP contribution < -0.4 is 5.32 Å². The van der Waals surface area contributed by atoms with Crippen LogP contribution in [0, 0.1) is 15.9 Å². The molecule has 2 aromatic carbocycles. The number of phenols is 1. The Hall–Kier alpha value is -2.63. The first-order chi connectivity index (χ1) is 10.0. The van der Waals surface area contributed by atoms with Crippen molar-refractivity contribution in [2.75, 3.05) is 5.32 Å². The number of fused-ring (bicyclic) bond motifs is 1. The predicted molar refractivity (Wildman–Crippen MR) is 75.8 cm³/mol. The van der Waals surface area contributed by atoms with E-state index in [-0.39, 0.29) is 17.5 Å². The number of anilines is 1.